The number of aryl methyl sites for hydroxylation is 2. The van der Waals surface area contributed by atoms with Crippen molar-refractivity contribution >= 4 is 0 Å². The molecule has 0 saturated carbocycles. The molecule has 0 heterocycles. The van der Waals surface area contributed by atoms with Gasteiger partial charge in [0.05, 0.1) is 0 Å². The molecule has 0 aliphatic carbocycles. The molecule has 2 N–H and O–H groups in total. The summed E-state index contributed by atoms with van der Waals surface area (Å²) in [7, 11) is 0. The molecule has 1 heteroatoms. The van der Waals surface area contributed by atoms with Gasteiger partial charge in [0.1, 0.15) is 0 Å². The highest BCUT2D eigenvalue weighted by Gasteiger charge is 2.15. The van der Waals surface area contributed by atoms with Crippen molar-refractivity contribution in [2.24, 2.45) is 5.73 Å². The zero-order valence-electron chi connectivity index (χ0n) is 8.31. The minimum atomic E-state index is -0.224. The third-order valence-corrected chi connectivity index (χ3v) is 2.08. The van der Waals surface area contributed by atoms with Crippen LogP contribution in [0.3, 0.4) is 0 Å². The summed E-state index contributed by atoms with van der Waals surface area (Å²) in [5.41, 5.74) is 9.59. The predicted molar refractivity (Wildman–Crippen MR) is 53.1 cm³/mol. The number of nitrogens with two attached hydrogens (primary N) is 1. The van der Waals surface area contributed by atoms with Gasteiger partial charge in [0, 0.05) is 5.54 Å². The molecular weight excluding hydrogens is 146 g/mol. The Morgan fingerprint density at radius 1 is 1.17 bits per heavy atom. The minimum absolute atomic E-state index is 0.224. The zero-order valence-corrected chi connectivity index (χ0v) is 8.31. The third kappa shape index (κ3) is 1.86. The SMILES string of the molecule is Cc1ccc(C(C)(C)N)c(C)c1. The molecule has 0 aliphatic heterocycles. The maximum atomic E-state index is 6.01. The van der Waals surface area contributed by atoms with Gasteiger partial charge >= 0.3 is 0 Å². The second kappa shape index (κ2) is 2.91. The van der Waals surface area contributed by atoms with Crippen molar-refractivity contribution in [2.45, 2.75) is 33.2 Å². The first-order valence-corrected chi connectivity index (χ1v) is 4.28. The van der Waals surface area contributed by atoms with Crippen molar-refractivity contribution in [3.63, 3.8) is 0 Å². The molecule has 0 spiro atoms. The molecule has 0 atom stereocenters. The molecule has 0 aliphatic rings. The lowest BCUT2D eigenvalue weighted by Crippen LogP contribution is -2.29. The van der Waals surface area contributed by atoms with Crippen molar-refractivity contribution in [3.05, 3.63) is 34.9 Å². The van der Waals surface area contributed by atoms with Crippen molar-refractivity contribution in [3.8, 4) is 0 Å². The fourth-order valence-electron chi connectivity index (χ4n) is 1.54. The van der Waals surface area contributed by atoms with E-state index in [0.717, 1.165) is 0 Å². The van der Waals surface area contributed by atoms with E-state index in [2.05, 4.69) is 32.0 Å². The maximum Gasteiger partial charge on any atom is 0.0355 e. The van der Waals surface area contributed by atoms with Gasteiger partial charge < -0.3 is 5.73 Å². The monoisotopic (exact) mass is 163 g/mol. The Labute approximate surface area is 74.6 Å². The van der Waals surface area contributed by atoms with E-state index in [9.17, 15) is 0 Å². The largest absolute Gasteiger partial charge is 0.322 e. The van der Waals surface area contributed by atoms with Gasteiger partial charge in [-0.1, -0.05) is 23.8 Å². The van der Waals surface area contributed by atoms with Crippen LogP contribution in [0.15, 0.2) is 18.2 Å². The van der Waals surface area contributed by atoms with E-state index in [1.165, 1.54) is 16.7 Å². The highest BCUT2D eigenvalue weighted by atomic mass is 14.7. The Hall–Kier alpha value is -0.820. The van der Waals surface area contributed by atoms with Crippen LogP contribution >= 0.6 is 0 Å². The van der Waals surface area contributed by atoms with Crippen molar-refractivity contribution in [2.75, 3.05) is 0 Å². The van der Waals surface area contributed by atoms with Crippen LogP contribution < -0.4 is 5.73 Å². The Kier molecular flexibility index (Phi) is 2.25. The smallest absolute Gasteiger partial charge is 0.0355 e. The summed E-state index contributed by atoms with van der Waals surface area (Å²) in [6, 6.07) is 6.39. The van der Waals surface area contributed by atoms with Crippen LogP contribution in [0, 0.1) is 13.8 Å². The average molecular weight is 163 g/mol. The van der Waals surface area contributed by atoms with Crippen LogP contribution in [-0.2, 0) is 5.54 Å². The molecule has 1 aromatic rings. The molecule has 1 nitrogen and oxygen atoms in total. The van der Waals surface area contributed by atoms with Gasteiger partial charge in [-0.3, -0.25) is 0 Å². The lowest BCUT2D eigenvalue weighted by molar-refractivity contribution is 0.550. The summed E-state index contributed by atoms with van der Waals surface area (Å²) in [4.78, 5) is 0. The van der Waals surface area contributed by atoms with E-state index in [0.29, 0.717) is 0 Å². The van der Waals surface area contributed by atoms with Crippen LogP contribution in [0.1, 0.15) is 30.5 Å². The van der Waals surface area contributed by atoms with E-state index in [4.69, 9.17) is 5.73 Å². The molecule has 0 bridgehead atoms. The standard InChI is InChI=1S/C11H17N/c1-8-5-6-10(9(2)7-8)11(3,4)12/h5-7H,12H2,1-4H3. The molecule has 0 unspecified atom stereocenters. The van der Waals surface area contributed by atoms with Crippen LogP contribution in [0.5, 0.6) is 0 Å². The highest BCUT2D eigenvalue weighted by Crippen LogP contribution is 2.21. The summed E-state index contributed by atoms with van der Waals surface area (Å²) in [5.74, 6) is 0. The first-order valence-electron chi connectivity index (χ1n) is 4.28. The van der Waals surface area contributed by atoms with Crippen LogP contribution in [0.2, 0.25) is 0 Å². The van der Waals surface area contributed by atoms with Crippen LogP contribution in [0.4, 0.5) is 0 Å². The Morgan fingerprint density at radius 3 is 2.17 bits per heavy atom. The van der Waals surface area contributed by atoms with Crippen molar-refractivity contribution in [1.82, 2.24) is 0 Å². The van der Waals surface area contributed by atoms with Gasteiger partial charge in [0.2, 0.25) is 0 Å². The second-order valence-corrected chi connectivity index (χ2v) is 4.04. The fraction of sp³-hybridized carbons (Fsp3) is 0.455. The number of hydrogen-bond donors (Lipinski definition) is 1. The van der Waals surface area contributed by atoms with E-state index in [1.54, 1.807) is 0 Å². The predicted octanol–water partition coefficient (Wildman–Crippen LogP) is 2.50. The molecule has 0 fully saturated rings. The van der Waals surface area contributed by atoms with Gasteiger partial charge in [-0.2, -0.15) is 0 Å². The molecule has 1 rings (SSSR count). The van der Waals surface area contributed by atoms with Gasteiger partial charge in [-0.25, -0.2) is 0 Å². The average Bonchev–Trinajstić information content (AvgIpc) is 1.83. The van der Waals surface area contributed by atoms with Crippen molar-refractivity contribution < 1.29 is 0 Å². The normalized spacial score (nSPS) is 11.8. The first kappa shape index (κ1) is 9.27. The van der Waals surface area contributed by atoms with Gasteiger partial charge in [0.25, 0.3) is 0 Å². The summed E-state index contributed by atoms with van der Waals surface area (Å²) >= 11 is 0. The number of benzene rings is 1. The zero-order chi connectivity index (χ0) is 9.35. The molecular formula is C11H17N. The topological polar surface area (TPSA) is 26.0 Å². The molecule has 12 heavy (non-hydrogen) atoms. The fourth-order valence-corrected chi connectivity index (χ4v) is 1.54. The van der Waals surface area contributed by atoms with E-state index in [1.807, 2.05) is 13.8 Å². The van der Waals surface area contributed by atoms with Gasteiger partial charge in [0.15, 0.2) is 0 Å². The van der Waals surface area contributed by atoms with Crippen LogP contribution in [0.25, 0.3) is 0 Å². The molecule has 0 amide bonds. The lowest BCUT2D eigenvalue weighted by Gasteiger charge is -2.21. The summed E-state index contributed by atoms with van der Waals surface area (Å²) in [5, 5.41) is 0. The van der Waals surface area contributed by atoms with Crippen molar-refractivity contribution in [1.29, 1.82) is 0 Å². The Bertz CT molecular complexity index is 282. The number of hydrogen-bond acceptors (Lipinski definition) is 1. The molecule has 1 aromatic carbocycles. The number of rotatable bonds is 1. The summed E-state index contributed by atoms with van der Waals surface area (Å²) < 4.78 is 0. The highest BCUT2D eigenvalue weighted by molar-refractivity contribution is 5.34. The van der Waals surface area contributed by atoms with Crippen LogP contribution in [-0.4, -0.2) is 0 Å². The first-order chi connectivity index (χ1) is 5.41. The Morgan fingerprint density at radius 2 is 1.75 bits per heavy atom. The molecule has 0 aromatic heterocycles. The lowest BCUT2D eigenvalue weighted by atomic mass is 9.91. The third-order valence-electron chi connectivity index (χ3n) is 2.08. The molecule has 0 radical (unpaired) electrons. The minimum Gasteiger partial charge on any atom is -0.322 e. The summed E-state index contributed by atoms with van der Waals surface area (Å²) in [6.45, 7) is 8.27. The van der Waals surface area contributed by atoms with E-state index >= 15 is 0 Å². The Balaban J connectivity index is 3.19. The van der Waals surface area contributed by atoms with Gasteiger partial charge in [-0.15, -0.1) is 0 Å². The molecule has 0 saturated heterocycles. The second-order valence-electron chi connectivity index (χ2n) is 4.04. The van der Waals surface area contributed by atoms with Gasteiger partial charge in [-0.05, 0) is 38.8 Å². The maximum absolute atomic E-state index is 6.01. The van der Waals surface area contributed by atoms with E-state index < -0.39 is 0 Å². The summed E-state index contributed by atoms with van der Waals surface area (Å²) in [6.07, 6.45) is 0. The quantitative estimate of drug-likeness (QED) is 0.676. The van der Waals surface area contributed by atoms with E-state index in [-0.39, 0.29) is 5.54 Å². The molecule has 66 valence electrons.